The van der Waals surface area contributed by atoms with Gasteiger partial charge in [0.25, 0.3) is 0 Å². The van der Waals surface area contributed by atoms with E-state index in [4.69, 9.17) is 22.0 Å². The number of carboxylic acids is 1. The predicted octanol–water partition coefficient (Wildman–Crippen LogP) is 3.03. The molecule has 0 saturated heterocycles. The van der Waals surface area contributed by atoms with Crippen LogP contribution in [0, 0.1) is 11.3 Å². The zero-order valence-corrected chi connectivity index (χ0v) is 9.92. The number of halogens is 1. The second kappa shape index (κ2) is 4.53. The fraction of sp³-hybridized carbons (Fsp3) is 0. The highest BCUT2D eigenvalue weighted by Crippen LogP contribution is 2.29. The van der Waals surface area contributed by atoms with Crippen molar-refractivity contribution in [1.29, 1.82) is 5.26 Å². The third-order valence-corrected chi connectivity index (χ3v) is 3.25. The summed E-state index contributed by atoms with van der Waals surface area (Å²) in [6, 6.07) is 8.71. The molecule has 0 atom stereocenters. The van der Waals surface area contributed by atoms with Gasteiger partial charge in [-0.2, -0.15) is 5.26 Å². The Morgan fingerprint density at radius 2 is 2.29 bits per heavy atom. The SMILES string of the molecule is N#Cc1sc(-c2cccc(Cl)c2)nc1C(=O)O. The number of nitriles is 1. The summed E-state index contributed by atoms with van der Waals surface area (Å²) in [6.45, 7) is 0. The third-order valence-electron chi connectivity index (χ3n) is 2.00. The average Bonchev–Trinajstić information content (AvgIpc) is 2.73. The lowest BCUT2D eigenvalue weighted by molar-refractivity contribution is 0.0691. The first-order valence-electron chi connectivity index (χ1n) is 4.52. The van der Waals surface area contributed by atoms with Gasteiger partial charge < -0.3 is 5.11 Å². The van der Waals surface area contributed by atoms with E-state index in [2.05, 4.69) is 4.98 Å². The van der Waals surface area contributed by atoms with Gasteiger partial charge in [0.1, 0.15) is 16.0 Å². The molecule has 84 valence electrons. The van der Waals surface area contributed by atoms with Gasteiger partial charge in [0.2, 0.25) is 0 Å². The molecule has 0 saturated carbocycles. The maximum atomic E-state index is 10.9. The Kier molecular flexibility index (Phi) is 3.09. The second-order valence-corrected chi connectivity index (χ2v) is 4.56. The largest absolute Gasteiger partial charge is 0.476 e. The predicted molar refractivity (Wildman–Crippen MR) is 64.2 cm³/mol. The van der Waals surface area contributed by atoms with E-state index in [1.54, 1.807) is 24.3 Å². The number of rotatable bonds is 2. The summed E-state index contributed by atoms with van der Waals surface area (Å²) >= 11 is 6.87. The van der Waals surface area contributed by atoms with Crippen molar-refractivity contribution in [3.05, 3.63) is 39.9 Å². The minimum Gasteiger partial charge on any atom is -0.476 e. The van der Waals surface area contributed by atoms with Crippen LogP contribution < -0.4 is 0 Å². The highest BCUT2D eigenvalue weighted by atomic mass is 35.5. The maximum Gasteiger partial charge on any atom is 0.356 e. The molecule has 0 aliphatic carbocycles. The Balaban J connectivity index is 2.55. The first-order valence-corrected chi connectivity index (χ1v) is 5.71. The molecule has 0 bridgehead atoms. The quantitative estimate of drug-likeness (QED) is 0.905. The standard InChI is InChI=1S/C11H5ClN2O2S/c12-7-3-1-2-6(4-7)10-14-9(11(15)16)8(5-13)17-10/h1-4H,(H,15,16). The number of carboxylic acid groups (broad SMARTS) is 1. The molecule has 1 heterocycles. The lowest BCUT2D eigenvalue weighted by Gasteiger charge is -1.95. The van der Waals surface area contributed by atoms with E-state index >= 15 is 0 Å². The fourth-order valence-corrected chi connectivity index (χ4v) is 2.33. The van der Waals surface area contributed by atoms with Crippen LogP contribution in [-0.4, -0.2) is 16.1 Å². The molecule has 0 aliphatic heterocycles. The molecule has 0 spiro atoms. The summed E-state index contributed by atoms with van der Waals surface area (Å²) in [4.78, 5) is 14.9. The van der Waals surface area contributed by atoms with Crippen LogP contribution in [0.3, 0.4) is 0 Å². The van der Waals surface area contributed by atoms with Gasteiger partial charge in [0.05, 0.1) is 0 Å². The lowest BCUT2D eigenvalue weighted by atomic mass is 10.2. The second-order valence-electron chi connectivity index (χ2n) is 3.12. The molecule has 6 heteroatoms. The van der Waals surface area contributed by atoms with Gasteiger partial charge in [-0.25, -0.2) is 9.78 Å². The number of benzene rings is 1. The molecule has 1 aromatic carbocycles. The van der Waals surface area contributed by atoms with Crippen LogP contribution >= 0.6 is 22.9 Å². The number of carbonyl (C=O) groups is 1. The van der Waals surface area contributed by atoms with E-state index in [9.17, 15) is 4.79 Å². The maximum absolute atomic E-state index is 10.9. The number of nitrogens with zero attached hydrogens (tertiary/aromatic N) is 2. The highest BCUT2D eigenvalue weighted by molar-refractivity contribution is 7.15. The van der Waals surface area contributed by atoms with Crippen molar-refractivity contribution < 1.29 is 9.90 Å². The van der Waals surface area contributed by atoms with Crippen LogP contribution in [0.5, 0.6) is 0 Å². The van der Waals surface area contributed by atoms with E-state index in [1.165, 1.54) is 0 Å². The van der Waals surface area contributed by atoms with Crippen molar-refractivity contribution in [2.45, 2.75) is 0 Å². The molecule has 0 fully saturated rings. The summed E-state index contributed by atoms with van der Waals surface area (Å²) in [5.74, 6) is -1.20. The summed E-state index contributed by atoms with van der Waals surface area (Å²) in [5, 5.41) is 18.7. The number of thiazole rings is 1. The van der Waals surface area contributed by atoms with Crippen LogP contribution in [0.2, 0.25) is 5.02 Å². The number of aromatic nitrogens is 1. The Labute approximate surface area is 106 Å². The Bertz CT molecular complexity index is 631. The normalized spacial score (nSPS) is 9.88. The van der Waals surface area contributed by atoms with Crippen LogP contribution in [0.4, 0.5) is 0 Å². The molecule has 1 N–H and O–H groups in total. The van der Waals surface area contributed by atoms with Crippen molar-refractivity contribution >= 4 is 28.9 Å². The third kappa shape index (κ3) is 2.28. The molecule has 2 rings (SSSR count). The average molecular weight is 265 g/mol. The molecular formula is C11H5ClN2O2S. The summed E-state index contributed by atoms with van der Waals surface area (Å²) in [7, 11) is 0. The smallest absolute Gasteiger partial charge is 0.356 e. The molecule has 2 aromatic rings. The minimum absolute atomic E-state index is 0.0903. The van der Waals surface area contributed by atoms with Gasteiger partial charge in [-0.05, 0) is 12.1 Å². The molecule has 0 amide bonds. The van der Waals surface area contributed by atoms with E-state index in [-0.39, 0.29) is 10.6 Å². The summed E-state index contributed by atoms with van der Waals surface area (Å²) in [6.07, 6.45) is 0. The van der Waals surface area contributed by atoms with Crippen molar-refractivity contribution in [3.63, 3.8) is 0 Å². The van der Waals surface area contributed by atoms with Gasteiger partial charge in [-0.15, -0.1) is 11.3 Å². The zero-order chi connectivity index (χ0) is 12.4. The van der Waals surface area contributed by atoms with E-state index in [0.29, 0.717) is 15.6 Å². The lowest BCUT2D eigenvalue weighted by Crippen LogP contribution is -1.98. The van der Waals surface area contributed by atoms with E-state index in [0.717, 1.165) is 11.3 Å². The molecule has 4 nitrogen and oxygen atoms in total. The first kappa shape index (κ1) is 11.6. The molecule has 0 aliphatic rings. The fourth-order valence-electron chi connectivity index (χ4n) is 1.29. The monoisotopic (exact) mass is 264 g/mol. The molecule has 17 heavy (non-hydrogen) atoms. The topological polar surface area (TPSA) is 74.0 Å². The van der Waals surface area contributed by atoms with Crippen molar-refractivity contribution in [1.82, 2.24) is 4.98 Å². The van der Waals surface area contributed by atoms with E-state index in [1.807, 2.05) is 6.07 Å². The Morgan fingerprint density at radius 3 is 2.82 bits per heavy atom. The van der Waals surface area contributed by atoms with Crippen LogP contribution in [-0.2, 0) is 0 Å². The van der Waals surface area contributed by atoms with Gasteiger partial charge in [-0.3, -0.25) is 0 Å². The van der Waals surface area contributed by atoms with Crippen LogP contribution in [0.15, 0.2) is 24.3 Å². The van der Waals surface area contributed by atoms with Crippen LogP contribution in [0.25, 0.3) is 10.6 Å². The summed E-state index contributed by atoms with van der Waals surface area (Å²) < 4.78 is 0. The van der Waals surface area contributed by atoms with Gasteiger partial charge in [0.15, 0.2) is 5.69 Å². The zero-order valence-electron chi connectivity index (χ0n) is 8.35. The number of hydrogen-bond donors (Lipinski definition) is 1. The Hall–Kier alpha value is -1.90. The molecule has 0 unspecified atom stereocenters. The van der Waals surface area contributed by atoms with Gasteiger partial charge >= 0.3 is 5.97 Å². The van der Waals surface area contributed by atoms with Crippen molar-refractivity contribution in [2.75, 3.05) is 0 Å². The first-order chi connectivity index (χ1) is 8.11. The molecular weight excluding hydrogens is 260 g/mol. The van der Waals surface area contributed by atoms with Gasteiger partial charge in [0, 0.05) is 10.6 Å². The van der Waals surface area contributed by atoms with E-state index < -0.39 is 5.97 Å². The van der Waals surface area contributed by atoms with Crippen molar-refractivity contribution in [2.24, 2.45) is 0 Å². The highest BCUT2D eigenvalue weighted by Gasteiger charge is 2.17. The van der Waals surface area contributed by atoms with Crippen molar-refractivity contribution in [3.8, 4) is 16.6 Å². The summed E-state index contributed by atoms with van der Waals surface area (Å²) in [5.41, 5.74) is 0.485. The Morgan fingerprint density at radius 1 is 1.53 bits per heavy atom. The minimum atomic E-state index is -1.20. The molecule has 1 aromatic heterocycles. The van der Waals surface area contributed by atoms with Gasteiger partial charge in [-0.1, -0.05) is 23.7 Å². The molecule has 0 radical (unpaired) electrons. The number of aromatic carboxylic acids is 1. The van der Waals surface area contributed by atoms with Crippen LogP contribution in [0.1, 0.15) is 15.4 Å². The number of hydrogen-bond acceptors (Lipinski definition) is 4.